The van der Waals surface area contributed by atoms with Gasteiger partial charge in [0.15, 0.2) is 0 Å². The highest BCUT2D eigenvalue weighted by atomic mass is 16.5. The number of nitrogens with zero attached hydrogens (tertiary/aromatic N) is 2. The molecule has 0 radical (unpaired) electrons. The molecule has 0 aliphatic carbocycles. The largest absolute Gasteiger partial charge is 0.497 e. The quantitative estimate of drug-likeness (QED) is 0.393. The molecule has 0 atom stereocenters. The van der Waals surface area contributed by atoms with Crippen molar-refractivity contribution in [1.82, 2.24) is 15.6 Å². The van der Waals surface area contributed by atoms with Gasteiger partial charge in [-0.1, -0.05) is 11.6 Å². The maximum Gasteiger partial charge on any atom is 0.289 e. The lowest BCUT2D eigenvalue weighted by Crippen LogP contribution is -2.19. The number of carbonyl (C=O) groups excluding carboxylic acids is 1. The molecule has 0 fully saturated rings. The molecular weight excluding hydrogens is 384 g/mol. The molecule has 150 valence electrons. The Morgan fingerprint density at radius 3 is 2.77 bits per heavy atom. The zero-order valence-corrected chi connectivity index (χ0v) is 16.3. The van der Waals surface area contributed by atoms with E-state index in [1.165, 1.54) is 12.5 Å². The van der Waals surface area contributed by atoms with Crippen molar-refractivity contribution in [2.75, 3.05) is 7.11 Å². The Kier molecular flexibility index (Phi) is 5.13. The lowest BCUT2D eigenvalue weighted by Gasteiger charge is -2.00. The molecule has 2 N–H and O–H groups in total. The molecule has 2 aromatic heterocycles. The van der Waals surface area contributed by atoms with Crippen molar-refractivity contribution in [1.29, 1.82) is 0 Å². The fraction of sp³-hybridized carbons (Fsp3) is 0.0909. The summed E-state index contributed by atoms with van der Waals surface area (Å²) >= 11 is 0. The van der Waals surface area contributed by atoms with Crippen LogP contribution in [0.5, 0.6) is 5.75 Å². The zero-order chi connectivity index (χ0) is 21.1. The molecule has 30 heavy (non-hydrogen) atoms. The van der Waals surface area contributed by atoms with Crippen molar-refractivity contribution in [2.24, 2.45) is 5.10 Å². The summed E-state index contributed by atoms with van der Waals surface area (Å²) in [5.74, 6) is 0.245. The highest BCUT2D eigenvalue weighted by molar-refractivity contribution is 5.94. The van der Waals surface area contributed by atoms with Crippen molar-refractivity contribution in [2.45, 2.75) is 6.92 Å². The van der Waals surface area contributed by atoms with E-state index in [1.54, 1.807) is 25.3 Å². The van der Waals surface area contributed by atoms with Crippen LogP contribution in [0.3, 0.4) is 0 Å². The molecule has 0 saturated heterocycles. The summed E-state index contributed by atoms with van der Waals surface area (Å²) < 4.78 is 10.6. The number of aryl methyl sites for hydroxylation is 1. The molecule has 0 saturated carbocycles. The minimum Gasteiger partial charge on any atom is -0.497 e. The second-order valence-electron chi connectivity index (χ2n) is 6.61. The molecule has 1 amide bonds. The standard InChI is InChI=1S/C22H18N4O4/c1-13-3-8-20-17(9-13)21(27)15(12-30-20)11-23-26-22(28)19-10-18(24-25-19)14-4-6-16(29-2)7-5-14/h3-12H,1-2H3,(H,24,25)(H,26,28)/b23-11+. The molecular formula is C22H18N4O4. The van der Waals surface area contributed by atoms with Crippen LogP contribution in [0.1, 0.15) is 21.6 Å². The van der Waals surface area contributed by atoms with Crippen molar-refractivity contribution in [3.63, 3.8) is 0 Å². The van der Waals surface area contributed by atoms with Gasteiger partial charge in [-0.05, 0) is 49.4 Å². The first-order chi connectivity index (χ1) is 14.5. The summed E-state index contributed by atoms with van der Waals surface area (Å²) in [5, 5.41) is 11.1. The number of rotatable bonds is 5. The topological polar surface area (TPSA) is 110 Å². The third-order valence-electron chi connectivity index (χ3n) is 4.53. The molecule has 0 spiro atoms. The fourth-order valence-corrected chi connectivity index (χ4v) is 2.92. The Hall–Kier alpha value is -4.20. The lowest BCUT2D eigenvalue weighted by atomic mass is 10.1. The maximum atomic E-state index is 12.5. The Morgan fingerprint density at radius 1 is 1.20 bits per heavy atom. The van der Waals surface area contributed by atoms with Crippen molar-refractivity contribution >= 4 is 23.1 Å². The highest BCUT2D eigenvalue weighted by Gasteiger charge is 2.11. The third-order valence-corrected chi connectivity index (χ3v) is 4.53. The van der Waals surface area contributed by atoms with E-state index in [0.717, 1.165) is 16.9 Å². The van der Waals surface area contributed by atoms with Crippen LogP contribution in [0.2, 0.25) is 0 Å². The van der Waals surface area contributed by atoms with Gasteiger partial charge in [-0.15, -0.1) is 0 Å². The van der Waals surface area contributed by atoms with Crippen LogP contribution in [-0.4, -0.2) is 29.4 Å². The van der Waals surface area contributed by atoms with Gasteiger partial charge in [0.2, 0.25) is 5.43 Å². The number of aromatic amines is 1. The van der Waals surface area contributed by atoms with Gasteiger partial charge in [-0.2, -0.15) is 10.2 Å². The predicted molar refractivity (Wildman–Crippen MR) is 113 cm³/mol. The number of benzene rings is 2. The van der Waals surface area contributed by atoms with Gasteiger partial charge in [-0.3, -0.25) is 14.7 Å². The number of fused-ring (bicyclic) bond motifs is 1. The minimum atomic E-state index is -0.487. The van der Waals surface area contributed by atoms with Gasteiger partial charge < -0.3 is 9.15 Å². The molecule has 0 bridgehead atoms. The Bertz CT molecular complexity index is 1300. The molecule has 0 aliphatic heterocycles. The van der Waals surface area contributed by atoms with Crippen LogP contribution in [0.4, 0.5) is 0 Å². The van der Waals surface area contributed by atoms with Crippen molar-refractivity contribution in [3.05, 3.63) is 81.8 Å². The molecule has 8 nitrogen and oxygen atoms in total. The molecule has 0 aliphatic rings. The normalized spacial score (nSPS) is 11.1. The van der Waals surface area contributed by atoms with Gasteiger partial charge in [0.05, 0.1) is 30.0 Å². The monoisotopic (exact) mass is 402 g/mol. The SMILES string of the molecule is COc1ccc(-c2cc(C(=O)N/N=C/c3coc4ccc(C)cc4c3=O)[nH]n2)cc1. The van der Waals surface area contributed by atoms with E-state index < -0.39 is 5.91 Å². The third kappa shape index (κ3) is 3.83. The number of H-pyrrole nitrogens is 1. The number of amides is 1. The summed E-state index contributed by atoms with van der Waals surface area (Å²) in [6.45, 7) is 1.89. The van der Waals surface area contributed by atoms with E-state index in [-0.39, 0.29) is 16.7 Å². The summed E-state index contributed by atoms with van der Waals surface area (Å²) in [4.78, 5) is 24.8. The Balaban J connectivity index is 1.48. The molecule has 2 aromatic carbocycles. The number of aromatic nitrogens is 2. The first-order valence-corrected chi connectivity index (χ1v) is 9.10. The molecule has 2 heterocycles. The van der Waals surface area contributed by atoms with Gasteiger partial charge >= 0.3 is 0 Å². The average molecular weight is 402 g/mol. The van der Waals surface area contributed by atoms with Crippen molar-refractivity contribution < 1.29 is 13.9 Å². The summed E-state index contributed by atoms with van der Waals surface area (Å²) in [6, 6.07) is 14.3. The smallest absolute Gasteiger partial charge is 0.289 e. The average Bonchev–Trinajstić information content (AvgIpc) is 3.26. The zero-order valence-electron chi connectivity index (χ0n) is 16.3. The highest BCUT2D eigenvalue weighted by Crippen LogP contribution is 2.21. The number of hydrogen-bond acceptors (Lipinski definition) is 6. The molecule has 8 heteroatoms. The maximum absolute atomic E-state index is 12.5. The predicted octanol–water partition coefficient (Wildman–Crippen LogP) is 3.26. The number of ether oxygens (including phenoxy) is 1. The van der Waals surface area contributed by atoms with Crippen LogP contribution in [0.15, 0.2) is 69.1 Å². The first-order valence-electron chi connectivity index (χ1n) is 9.10. The number of nitrogens with one attached hydrogen (secondary N) is 2. The van der Waals surface area contributed by atoms with Crippen LogP contribution < -0.4 is 15.6 Å². The second-order valence-corrected chi connectivity index (χ2v) is 6.61. The van der Waals surface area contributed by atoms with Crippen LogP contribution in [0, 0.1) is 6.92 Å². The van der Waals surface area contributed by atoms with Gasteiger partial charge in [0.25, 0.3) is 5.91 Å². The second kappa shape index (κ2) is 8.04. The Morgan fingerprint density at radius 2 is 2.00 bits per heavy atom. The van der Waals surface area contributed by atoms with Crippen LogP contribution in [-0.2, 0) is 0 Å². The summed E-state index contributed by atoms with van der Waals surface area (Å²) in [5.41, 5.74) is 5.51. The van der Waals surface area contributed by atoms with Gasteiger partial charge in [0, 0.05) is 5.56 Å². The minimum absolute atomic E-state index is 0.221. The summed E-state index contributed by atoms with van der Waals surface area (Å²) in [7, 11) is 1.59. The molecule has 0 unspecified atom stereocenters. The van der Waals surface area contributed by atoms with E-state index >= 15 is 0 Å². The molecule has 4 aromatic rings. The van der Waals surface area contributed by atoms with Crippen molar-refractivity contribution in [3.8, 4) is 17.0 Å². The van der Waals surface area contributed by atoms with E-state index in [1.807, 2.05) is 37.3 Å². The number of carbonyl (C=O) groups is 1. The van der Waals surface area contributed by atoms with Gasteiger partial charge in [0.1, 0.15) is 23.3 Å². The number of hydrogen-bond donors (Lipinski definition) is 2. The van der Waals surface area contributed by atoms with Gasteiger partial charge in [-0.25, -0.2) is 5.43 Å². The van der Waals surface area contributed by atoms with E-state index in [2.05, 4.69) is 20.7 Å². The number of methoxy groups -OCH3 is 1. The Labute approximate surface area is 171 Å². The summed E-state index contributed by atoms with van der Waals surface area (Å²) in [6.07, 6.45) is 2.57. The first kappa shape index (κ1) is 19.1. The molecule has 4 rings (SSSR count). The lowest BCUT2D eigenvalue weighted by molar-refractivity contribution is 0.0950. The van der Waals surface area contributed by atoms with E-state index in [0.29, 0.717) is 16.7 Å². The van der Waals surface area contributed by atoms with E-state index in [4.69, 9.17) is 9.15 Å². The number of hydrazone groups is 1. The van der Waals surface area contributed by atoms with Crippen LogP contribution >= 0.6 is 0 Å². The van der Waals surface area contributed by atoms with Crippen LogP contribution in [0.25, 0.3) is 22.2 Å². The van der Waals surface area contributed by atoms with E-state index in [9.17, 15) is 9.59 Å². The fourth-order valence-electron chi connectivity index (χ4n) is 2.92.